The van der Waals surface area contributed by atoms with E-state index in [1.54, 1.807) is 29.7 Å². The summed E-state index contributed by atoms with van der Waals surface area (Å²) in [5.74, 6) is 0.839. The first-order valence-corrected chi connectivity index (χ1v) is 10.2. The molecule has 8 heteroatoms. The molecule has 0 aliphatic carbocycles. The number of fused-ring (bicyclic) bond motifs is 1. The number of amides is 2. The van der Waals surface area contributed by atoms with Crippen LogP contribution < -0.4 is 19.7 Å². The third-order valence-corrected chi connectivity index (χ3v) is 5.09. The Bertz CT molecular complexity index is 1090. The van der Waals surface area contributed by atoms with E-state index in [9.17, 15) is 9.59 Å². The first kappa shape index (κ1) is 19.7. The maximum absolute atomic E-state index is 12.3. The van der Waals surface area contributed by atoms with Crippen molar-refractivity contribution in [3.8, 4) is 11.5 Å². The van der Waals surface area contributed by atoms with Crippen LogP contribution >= 0.6 is 11.3 Å². The van der Waals surface area contributed by atoms with Crippen LogP contribution in [0.1, 0.15) is 12.6 Å². The molecule has 2 heterocycles. The van der Waals surface area contributed by atoms with E-state index in [4.69, 9.17) is 9.47 Å². The van der Waals surface area contributed by atoms with E-state index in [-0.39, 0.29) is 11.8 Å². The molecule has 2 amide bonds. The Morgan fingerprint density at radius 3 is 2.63 bits per heavy atom. The number of hydrogen-bond donors (Lipinski definition) is 1. The third kappa shape index (κ3) is 4.49. The minimum Gasteiger partial charge on any atom is -0.486 e. The highest BCUT2D eigenvalue weighted by atomic mass is 32.1. The molecule has 1 aliphatic heterocycles. The van der Waals surface area contributed by atoms with Crippen molar-refractivity contribution in [2.24, 2.45) is 0 Å². The molecular weight excluding hydrogens is 402 g/mol. The molecule has 2 aromatic carbocycles. The number of nitrogens with one attached hydrogen (secondary N) is 1. The second-order valence-electron chi connectivity index (χ2n) is 6.43. The van der Waals surface area contributed by atoms with Crippen molar-refractivity contribution in [1.82, 2.24) is 4.98 Å². The Kier molecular flexibility index (Phi) is 5.76. The predicted molar refractivity (Wildman–Crippen MR) is 116 cm³/mol. The lowest BCUT2D eigenvalue weighted by molar-refractivity contribution is -0.116. The Morgan fingerprint density at radius 2 is 1.87 bits per heavy atom. The summed E-state index contributed by atoms with van der Waals surface area (Å²) in [5, 5.41) is 5.12. The Morgan fingerprint density at radius 1 is 1.10 bits per heavy atom. The van der Waals surface area contributed by atoms with Crippen LogP contribution in [0.4, 0.5) is 16.5 Å². The van der Waals surface area contributed by atoms with Crippen molar-refractivity contribution in [2.45, 2.75) is 6.92 Å². The van der Waals surface area contributed by atoms with Gasteiger partial charge < -0.3 is 14.8 Å². The highest BCUT2D eigenvalue weighted by Gasteiger charge is 2.17. The average Bonchev–Trinajstić information content (AvgIpc) is 3.21. The van der Waals surface area contributed by atoms with Crippen molar-refractivity contribution in [3.63, 3.8) is 0 Å². The quantitative estimate of drug-likeness (QED) is 0.623. The molecule has 0 fully saturated rings. The van der Waals surface area contributed by atoms with Crippen LogP contribution in [0.25, 0.3) is 6.08 Å². The molecule has 0 saturated heterocycles. The minimum atomic E-state index is -0.298. The number of thiazole rings is 1. The van der Waals surface area contributed by atoms with Gasteiger partial charge in [0.2, 0.25) is 11.8 Å². The highest BCUT2D eigenvalue weighted by Crippen LogP contribution is 2.32. The zero-order valence-corrected chi connectivity index (χ0v) is 17.0. The molecule has 0 bridgehead atoms. The average molecular weight is 421 g/mol. The van der Waals surface area contributed by atoms with Gasteiger partial charge >= 0.3 is 0 Å². The van der Waals surface area contributed by atoms with E-state index in [0.29, 0.717) is 41.2 Å². The number of para-hydroxylation sites is 1. The molecule has 1 aromatic heterocycles. The molecular formula is C22H19N3O4S. The highest BCUT2D eigenvalue weighted by molar-refractivity contribution is 7.14. The van der Waals surface area contributed by atoms with Gasteiger partial charge in [-0.15, -0.1) is 11.3 Å². The number of carbonyl (C=O) groups excluding carboxylic acids is 2. The summed E-state index contributed by atoms with van der Waals surface area (Å²) in [7, 11) is 0. The summed E-state index contributed by atoms with van der Waals surface area (Å²) in [5.41, 5.74) is 1.94. The predicted octanol–water partition coefficient (Wildman–Crippen LogP) is 4.25. The Labute approximate surface area is 177 Å². The molecule has 1 N–H and O–H groups in total. The van der Waals surface area contributed by atoms with Gasteiger partial charge in [0, 0.05) is 30.1 Å². The molecule has 3 aromatic rings. The SMILES string of the molecule is CC(=O)N(c1ccccc1)c1nc(C=CC(=O)Nc2ccc3c(c2)OCCO3)cs1. The fourth-order valence-electron chi connectivity index (χ4n) is 2.93. The first-order chi connectivity index (χ1) is 14.6. The second kappa shape index (κ2) is 8.79. The summed E-state index contributed by atoms with van der Waals surface area (Å²) < 4.78 is 11.0. The topological polar surface area (TPSA) is 80.8 Å². The van der Waals surface area contributed by atoms with E-state index in [1.165, 1.54) is 29.2 Å². The first-order valence-electron chi connectivity index (χ1n) is 9.30. The zero-order valence-electron chi connectivity index (χ0n) is 16.2. The third-order valence-electron chi connectivity index (χ3n) is 4.25. The van der Waals surface area contributed by atoms with E-state index >= 15 is 0 Å². The van der Waals surface area contributed by atoms with E-state index in [0.717, 1.165) is 5.69 Å². The molecule has 0 spiro atoms. The molecule has 152 valence electrons. The fraction of sp³-hybridized carbons (Fsp3) is 0.136. The molecule has 30 heavy (non-hydrogen) atoms. The number of benzene rings is 2. The van der Waals surface area contributed by atoms with Crippen molar-refractivity contribution in [3.05, 3.63) is 65.7 Å². The van der Waals surface area contributed by atoms with Gasteiger partial charge in [0.1, 0.15) is 13.2 Å². The van der Waals surface area contributed by atoms with Crippen molar-refractivity contribution >= 4 is 45.7 Å². The monoisotopic (exact) mass is 421 g/mol. The van der Waals surface area contributed by atoms with Gasteiger partial charge in [-0.25, -0.2) is 4.98 Å². The van der Waals surface area contributed by atoms with Gasteiger partial charge in [0.05, 0.1) is 11.4 Å². The van der Waals surface area contributed by atoms with Crippen molar-refractivity contribution < 1.29 is 19.1 Å². The lowest BCUT2D eigenvalue weighted by Gasteiger charge is -2.18. The van der Waals surface area contributed by atoms with Crippen LogP contribution in [-0.2, 0) is 9.59 Å². The van der Waals surface area contributed by atoms with Crippen LogP contribution in [0.15, 0.2) is 60.0 Å². The minimum absolute atomic E-state index is 0.137. The summed E-state index contributed by atoms with van der Waals surface area (Å²) >= 11 is 1.33. The van der Waals surface area contributed by atoms with Gasteiger partial charge in [-0.05, 0) is 30.3 Å². The Balaban J connectivity index is 1.44. The zero-order chi connectivity index (χ0) is 20.9. The number of aromatic nitrogens is 1. The maximum Gasteiger partial charge on any atom is 0.248 e. The largest absolute Gasteiger partial charge is 0.486 e. The molecule has 0 atom stereocenters. The van der Waals surface area contributed by atoms with Gasteiger partial charge in [-0.2, -0.15) is 0 Å². The van der Waals surface area contributed by atoms with Gasteiger partial charge in [0.15, 0.2) is 16.6 Å². The van der Waals surface area contributed by atoms with Crippen LogP contribution in [0.2, 0.25) is 0 Å². The number of ether oxygens (including phenoxy) is 2. The van der Waals surface area contributed by atoms with Crippen molar-refractivity contribution in [1.29, 1.82) is 0 Å². The molecule has 0 unspecified atom stereocenters. The number of anilines is 3. The summed E-state index contributed by atoms with van der Waals surface area (Å²) in [6.07, 6.45) is 3.01. The molecule has 1 aliphatic rings. The number of nitrogens with zero attached hydrogens (tertiary/aromatic N) is 2. The lowest BCUT2D eigenvalue weighted by atomic mass is 10.2. The number of hydrogen-bond acceptors (Lipinski definition) is 6. The fourth-order valence-corrected chi connectivity index (χ4v) is 3.78. The van der Waals surface area contributed by atoms with Crippen LogP contribution in [0.5, 0.6) is 11.5 Å². The van der Waals surface area contributed by atoms with E-state index < -0.39 is 0 Å². The number of carbonyl (C=O) groups is 2. The summed E-state index contributed by atoms with van der Waals surface area (Å²) in [6.45, 7) is 2.49. The van der Waals surface area contributed by atoms with Gasteiger partial charge in [0.25, 0.3) is 0 Å². The normalized spacial score (nSPS) is 12.6. The molecule has 0 radical (unpaired) electrons. The summed E-state index contributed by atoms with van der Waals surface area (Å²) in [6, 6.07) is 14.6. The molecule has 0 saturated carbocycles. The molecule has 4 rings (SSSR count). The lowest BCUT2D eigenvalue weighted by Crippen LogP contribution is -2.22. The smallest absolute Gasteiger partial charge is 0.248 e. The van der Waals surface area contributed by atoms with E-state index in [1.807, 2.05) is 30.3 Å². The standard InChI is InChI=1S/C22H19N3O4S/c1-15(26)25(18-5-3-2-4-6-18)22-24-17(14-30-22)8-10-21(27)23-16-7-9-19-20(13-16)29-12-11-28-19/h2-10,13-14H,11-12H2,1H3,(H,23,27). The van der Waals surface area contributed by atoms with Crippen molar-refractivity contribution in [2.75, 3.05) is 23.4 Å². The number of rotatable bonds is 5. The van der Waals surface area contributed by atoms with Crippen LogP contribution in [0, 0.1) is 0 Å². The van der Waals surface area contributed by atoms with Crippen LogP contribution in [-0.4, -0.2) is 30.0 Å². The Hall–Kier alpha value is -3.65. The van der Waals surface area contributed by atoms with Crippen LogP contribution in [0.3, 0.4) is 0 Å². The summed E-state index contributed by atoms with van der Waals surface area (Å²) in [4.78, 5) is 30.4. The van der Waals surface area contributed by atoms with E-state index in [2.05, 4.69) is 10.3 Å². The second-order valence-corrected chi connectivity index (χ2v) is 7.26. The molecule has 7 nitrogen and oxygen atoms in total. The van der Waals surface area contributed by atoms with Gasteiger partial charge in [-0.3, -0.25) is 14.5 Å². The maximum atomic E-state index is 12.3. The van der Waals surface area contributed by atoms with Gasteiger partial charge in [-0.1, -0.05) is 18.2 Å².